The lowest BCUT2D eigenvalue weighted by Gasteiger charge is -2.09. The molecule has 1 atom stereocenters. The van der Waals surface area contributed by atoms with Gasteiger partial charge >= 0.3 is 0 Å². The molecule has 0 aliphatic rings. The third kappa shape index (κ3) is 3.91. The van der Waals surface area contributed by atoms with Gasteiger partial charge in [-0.3, -0.25) is 0 Å². The van der Waals surface area contributed by atoms with Gasteiger partial charge in [-0.2, -0.15) is 11.8 Å². The molecule has 1 aromatic carbocycles. The molecule has 0 heterocycles. The molecular weight excluding hydrogens is 216 g/mol. The SMILES string of the molecule is CCCSCC(O)c1ccc(Cl)cc1. The normalized spacial score (nSPS) is 12.8. The van der Waals surface area contributed by atoms with Crippen LogP contribution in [0, 0.1) is 0 Å². The molecule has 0 bridgehead atoms. The minimum atomic E-state index is -0.371. The average Bonchev–Trinajstić information content (AvgIpc) is 2.19. The molecule has 0 saturated heterocycles. The third-order valence-corrected chi connectivity index (χ3v) is 3.38. The number of rotatable bonds is 5. The molecule has 0 saturated carbocycles. The van der Waals surface area contributed by atoms with Gasteiger partial charge in [0.1, 0.15) is 0 Å². The number of aliphatic hydroxyl groups is 1. The zero-order valence-corrected chi connectivity index (χ0v) is 9.81. The maximum atomic E-state index is 9.77. The van der Waals surface area contributed by atoms with Crippen molar-refractivity contribution in [3.8, 4) is 0 Å². The quantitative estimate of drug-likeness (QED) is 0.782. The van der Waals surface area contributed by atoms with E-state index >= 15 is 0 Å². The first-order valence-corrected chi connectivity index (χ1v) is 6.28. The highest BCUT2D eigenvalue weighted by Crippen LogP contribution is 2.20. The maximum Gasteiger partial charge on any atom is 0.0880 e. The smallest absolute Gasteiger partial charge is 0.0880 e. The molecule has 78 valence electrons. The van der Waals surface area contributed by atoms with Crippen LogP contribution in [-0.4, -0.2) is 16.6 Å². The summed E-state index contributed by atoms with van der Waals surface area (Å²) in [6.07, 6.45) is 0.779. The van der Waals surface area contributed by atoms with E-state index in [-0.39, 0.29) is 6.10 Å². The van der Waals surface area contributed by atoms with Crippen LogP contribution in [0.3, 0.4) is 0 Å². The molecule has 1 unspecified atom stereocenters. The van der Waals surface area contributed by atoms with E-state index in [2.05, 4.69) is 6.92 Å². The summed E-state index contributed by atoms with van der Waals surface area (Å²) >= 11 is 7.53. The van der Waals surface area contributed by atoms with Crippen molar-refractivity contribution in [3.63, 3.8) is 0 Å². The highest BCUT2D eigenvalue weighted by Gasteiger charge is 2.06. The van der Waals surface area contributed by atoms with E-state index in [9.17, 15) is 5.11 Å². The summed E-state index contributed by atoms with van der Waals surface area (Å²) in [5.41, 5.74) is 0.943. The van der Waals surface area contributed by atoms with E-state index in [1.807, 2.05) is 24.3 Å². The molecule has 1 aromatic rings. The summed E-state index contributed by atoms with van der Waals surface area (Å²) in [7, 11) is 0. The Morgan fingerprint density at radius 2 is 2.00 bits per heavy atom. The van der Waals surface area contributed by atoms with Gasteiger partial charge in [-0.1, -0.05) is 30.7 Å². The number of thioether (sulfide) groups is 1. The topological polar surface area (TPSA) is 20.2 Å². The van der Waals surface area contributed by atoms with Crippen molar-refractivity contribution in [2.75, 3.05) is 11.5 Å². The largest absolute Gasteiger partial charge is 0.388 e. The minimum absolute atomic E-state index is 0.371. The molecule has 1 N–H and O–H groups in total. The van der Waals surface area contributed by atoms with Gasteiger partial charge in [0.2, 0.25) is 0 Å². The van der Waals surface area contributed by atoms with Crippen molar-refractivity contribution in [1.82, 2.24) is 0 Å². The number of aliphatic hydroxyl groups excluding tert-OH is 1. The number of benzene rings is 1. The third-order valence-electron chi connectivity index (χ3n) is 1.88. The van der Waals surface area contributed by atoms with Crippen molar-refractivity contribution >= 4 is 23.4 Å². The van der Waals surface area contributed by atoms with Crippen molar-refractivity contribution in [2.24, 2.45) is 0 Å². The van der Waals surface area contributed by atoms with Crippen LogP contribution in [-0.2, 0) is 0 Å². The van der Waals surface area contributed by atoms with E-state index in [0.29, 0.717) is 5.02 Å². The van der Waals surface area contributed by atoms with Crippen LogP contribution in [0.25, 0.3) is 0 Å². The van der Waals surface area contributed by atoms with Crippen LogP contribution in [0.5, 0.6) is 0 Å². The second-order valence-corrected chi connectivity index (χ2v) is 4.73. The Morgan fingerprint density at radius 1 is 1.36 bits per heavy atom. The summed E-state index contributed by atoms with van der Waals surface area (Å²) in [5.74, 6) is 1.86. The first kappa shape index (κ1) is 11.9. The Balaban J connectivity index is 2.43. The summed E-state index contributed by atoms with van der Waals surface area (Å²) in [6, 6.07) is 7.37. The zero-order valence-electron chi connectivity index (χ0n) is 8.24. The first-order valence-electron chi connectivity index (χ1n) is 4.75. The van der Waals surface area contributed by atoms with Gasteiger partial charge in [0, 0.05) is 10.8 Å². The van der Waals surface area contributed by atoms with Crippen LogP contribution < -0.4 is 0 Å². The predicted molar refractivity (Wildman–Crippen MR) is 64.0 cm³/mol. The van der Waals surface area contributed by atoms with Gasteiger partial charge in [0.15, 0.2) is 0 Å². The number of hydrogen-bond donors (Lipinski definition) is 1. The first-order chi connectivity index (χ1) is 6.74. The van der Waals surface area contributed by atoms with Crippen LogP contribution in [0.15, 0.2) is 24.3 Å². The lowest BCUT2D eigenvalue weighted by atomic mass is 10.1. The molecule has 0 fully saturated rings. The van der Waals surface area contributed by atoms with Crippen LogP contribution in [0.2, 0.25) is 5.02 Å². The predicted octanol–water partition coefficient (Wildman–Crippen LogP) is 3.52. The standard InChI is InChI=1S/C11H15ClOS/c1-2-7-14-8-11(13)9-3-5-10(12)6-4-9/h3-6,11,13H,2,7-8H2,1H3. The van der Waals surface area contributed by atoms with Crippen molar-refractivity contribution in [3.05, 3.63) is 34.9 Å². The fourth-order valence-corrected chi connectivity index (χ4v) is 2.12. The van der Waals surface area contributed by atoms with Gasteiger partial charge < -0.3 is 5.11 Å². The molecule has 0 radical (unpaired) electrons. The highest BCUT2D eigenvalue weighted by molar-refractivity contribution is 7.99. The fraction of sp³-hybridized carbons (Fsp3) is 0.455. The molecule has 0 spiro atoms. The van der Waals surface area contributed by atoms with Gasteiger partial charge in [-0.25, -0.2) is 0 Å². The van der Waals surface area contributed by atoms with E-state index in [4.69, 9.17) is 11.6 Å². The van der Waals surface area contributed by atoms with E-state index in [1.54, 1.807) is 11.8 Å². The van der Waals surface area contributed by atoms with Crippen LogP contribution in [0.1, 0.15) is 25.0 Å². The molecular formula is C11H15ClOS. The Bertz CT molecular complexity index is 260. The molecule has 1 nitrogen and oxygen atoms in total. The lowest BCUT2D eigenvalue weighted by Crippen LogP contribution is -2.00. The van der Waals surface area contributed by atoms with E-state index < -0.39 is 0 Å². The Morgan fingerprint density at radius 3 is 2.57 bits per heavy atom. The van der Waals surface area contributed by atoms with Crippen LogP contribution >= 0.6 is 23.4 Å². The Hall–Kier alpha value is -0.180. The lowest BCUT2D eigenvalue weighted by molar-refractivity contribution is 0.204. The van der Waals surface area contributed by atoms with Crippen molar-refractivity contribution < 1.29 is 5.11 Å². The summed E-state index contributed by atoms with van der Waals surface area (Å²) in [5, 5.41) is 10.5. The Labute approximate surface area is 94.5 Å². The summed E-state index contributed by atoms with van der Waals surface area (Å²) in [6.45, 7) is 2.14. The van der Waals surface area contributed by atoms with Crippen LogP contribution in [0.4, 0.5) is 0 Å². The highest BCUT2D eigenvalue weighted by atomic mass is 35.5. The Kier molecular flexibility index (Phi) is 5.38. The maximum absolute atomic E-state index is 9.77. The zero-order chi connectivity index (χ0) is 10.4. The molecule has 3 heteroatoms. The molecule has 14 heavy (non-hydrogen) atoms. The molecule has 0 aliphatic carbocycles. The summed E-state index contributed by atoms with van der Waals surface area (Å²) < 4.78 is 0. The average molecular weight is 231 g/mol. The molecule has 0 amide bonds. The molecule has 0 aliphatic heterocycles. The monoisotopic (exact) mass is 230 g/mol. The van der Waals surface area contributed by atoms with Gasteiger partial charge in [-0.15, -0.1) is 0 Å². The minimum Gasteiger partial charge on any atom is -0.388 e. The van der Waals surface area contributed by atoms with Gasteiger partial charge in [0.25, 0.3) is 0 Å². The molecule has 1 rings (SSSR count). The van der Waals surface area contributed by atoms with Gasteiger partial charge in [0.05, 0.1) is 6.10 Å². The fourth-order valence-electron chi connectivity index (χ4n) is 1.12. The van der Waals surface area contributed by atoms with Gasteiger partial charge in [-0.05, 0) is 29.9 Å². The van der Waals surface area contributed by atoms with E-state index in [0.717, 1.165) is 23.5 Å². The molecule has 0 aromatic heterocycles. The number of halogens is 1. The second kappa shape index (κ2) is 6.33. The second-order valence-electron chi connectivity index (χ2n) is 3.14. The number of hydrogen-bond acceptors (Lipinski definition) is 2. The van der Waals surface area contributed by atoms with Crippen molar-refractivity contribution in [2.45, 2.75) is 19.4 Å². The summed E-state index contributed by atoms with van der Waals surface area (Å²) in [4.78, 5) is 0. The van der Waals surface area contributed by atoms with E-state index in [1.165, 1.54) is 0 Å². The van der Waals surface area contributed by atoms with Crippen molar-refractivity contribution in [1.29, 1.82) is 0 Å².